The molecule has 0 atom stereocenters. The van der Waals surface area contributed by atoms with Crippen LogP contribution in [-0.2, 0) is 0 Å². The summed E-state index contributed by atoms with van der Waals surface area (Å²) >= 11 is 0. The Morgan fingerprint density at radius 1 is 1.17 bits per heavy atom. The van der Waals surface area contributed by atoms with Gasteiger partial charge < -0.3 is 9.84 Å². The molecule has 1 aliphatic heterocycles. The van der Waals surface area contributed by atoms with Crippen LogP contribution in [0.1, 0.15) is 5.56 Å². The van der Waals surface area contributed by atoms with E-state index in [1.807, 2.05) is 18.2 Å². The van der Waals surface area contributed by atoms with E-state index < -0.39 is 0 Å². The molecular formula is C10H8O2. The van der Waals surface area contributed by atoms with Gasteiger partial charge in [0.15, 0.2) is 11.5 Å². The molecule has 1 aromatic rings. The molecule has 0 aromatic heterocycles. The molecule has 2 rings (SSSR count). The first kappa shape index (κ1) is 6.98. The summed E-state index contributed by atoms with van der Waals surface area (Å²) in [4.78, 5) is 0. The van der Waals surface area contributed by atoms with E-state index in [1.54, 1.807) is 24.5 Å². The minimum absolute atomic E-state index is 0.170. The van der Waals surface area contributed by atoms with Crippen LogP contribution >= 0.6 is 0 Å². The minimum atomic E-state index is 0.170. The van der Waals surface area contributed by atoms with Gasteiger partial charge in [-0.3, -0.25) is 0 Å². The summed E-state index contributed by atoms with van der Waals surface area (Å²) in [5.74, 6) is 0.686. The number of fused-ring (bicyclic) bond motifs is 1. The molecule has 0 radical (unpaired) electrons. The third-order valence-corrected chi connectivity index (χ3v) is 1.68. The van der Waals surface area contributed by atoms with Crippen LogP contribution in [0.3, 0.4) is 0 Å². The molecule has 0 saturated heterocycles. The second-order valence-electron chi connectivity index (χ2n) is 2.50. The van der Waals surface area contributed by atoms with Crippen molar-refractivity contribution in [2.45, 2.75) is 0 Å². The zero-order valence-corrected chi connectivity index (χ0v) is 6.40. The Balaban J connectivity index is 2.59. The molecule has 60 valence electrons. The molecule has 0 unspecified atom stereocenters. The van der Waals surface area contributed by atoms with Crippen molar-refractivity contribution in [3.8, 4) is 11.5 Å². The quantitative estimate of drug-likeness (QED) is 0.631. The molecule has 2 heteroatoms. The van der Waals surface area contributed by atoms with E-state index in [1.165, 1.54) is 0 Å². The van der Waals surface area contributed by atoms with Gasteiger partial charge in [0, 0.05) is 5.56 Å². The molecule has 12 heavy (non-hydrogen) atoms. The van der Waals surface area contributed by atoms with Gasteiger partial charge in [0.2, 0.25) is 0 Å². The highest BCUT2D eigenvalue weighted by Gasteiger charge is 2.06. The number of allylic oxidation sites excluding steroid dienone is 2. The lowest BCUT2D eigenvalue weighted by Gasteiger charge is -2.04. The van der Waals surface area contributed by atoms with Crippen LogP contribution in [0.2, 0.25) is 0 Å². The second kappa shape index (κ2) is 2.74. The minimum Gasteiger partial charge on any atom is -0.504 e. The summed E-state index contributed by atoms with van der Waals surface area (Å²) in [6.07, 6.45) is 7.07. The SMILES string of the molecule is Oc1cccc2c1OC=CC=C2. The Hall–Kier alpha value is -1.70. The molecule has 2 nitrogen and oxygen atoms in total. The highest BCUT2D eigenvalue weighted by Crippen LogP contribution is 2.31. The van der Waals surface area contributed by atoms with Crippen LogP contribution < -0.4 is 4.74 Å². The number of hydrogen-bond acceptors (Lipinski definition) is 2. The van der Waals surface area contributed by atoms with E-state index in [9.17, 15) is 5.11 Å². The average Bonchev–Trinajstić information content (AvgIpc) is 2.30. The standard InChI is InChI=1S/C10H8O2/c11-9-6-3-5-8-4-1-2-7-12-10(8)9/h1-7,11H. The maximum atomic E-state index is 9.39. The molecule has 1 heterocycles. The lowest BCUT2D eigenvalue weighted by molar-refractivity contribution is 0.410. The van der Waals surface area contributed by atoms with Gasteiger partial charge in [0.1, 0.15) is 0 Å². The first-order chi connectivity index (χ1) is 5.88. The largest absolute Gasteiger partial charge is 0.504 e. The van der Waals surface area contributed by atoms with Crippen molar-refractivity contribution in [2.75, 3.05) is 0 Å². The van der Waals surface area contributed by atoms with Gasteiger partial charge in [0.05, 0.1) is 6.26 Å². The second-order valence-corrected chi connectivity index (χ2v) is 2.50. The fourth-order valence-corrected chi connectivity index (χ4v) is 1.11. The Labute approximate surface area is 70.4 Å². The van der Waals surface area contributed by atoms with Gasteiger partial charge in [-0.25, -0.2) is 0 Å². The number of para-hydroxylation sites is 1. The Kier molecular flexibility index (Phi) is 1.59. The number of rotatable bonds is 0. The van der Waals surface area contributed by atoms with Crippen molar-refractivity contribution < 1.29 is 9.84 Å². The van der Waals surface area contributed by atoms with Crippen molar-refractivity contribution in [1.29, 1.82) is 0 Å². The zero-order valence-electron chi connectivity index (χ0n) is 6.40. The molecule has 0 fully saturated rings. The zero-order chi connectivity index (χ0) is 8.39. The monoisotopic (exact) mass is 160 g/mol. The summed E-state index contributed by atoms with van der Waals surface area (Å²) in [5.41, 5.74) is 0.889. The van der Waals surface area contributed by atoms with Gasteiger partial charge in [-0.05, 0) is 12.1 Å². The maximum Gasteiger partial charge on any atom is 0.175 e. The molecule has 0 spiro atoms. The van der Waals surface area contributed by atoms with Crippen LogP contribution in [0.4, 0.5) is 0 Å². The fourth-order valence-electron chi connectivity index (χ4n) is 1.11. The summed E-state index contributed by atoms with van der Waals surface area (Å²) in [5, 5.41) is 9.39. The normalized spacial score (nSPS) is 13.3. The van der Waals surface area contributed by atoms with Crippen molar-refractivity contribution in [2.24, 2.45) is 0 Å². The summed E-state index contributed by atoms with van der Waals surface area (Å²) in [6.45, 7) is 0. The van der Waals surface area contributed by atoms with Gasteiger partial charge in [-0.15, -0.1) is 0 Å². The van der Waals surface area contributed by atoms with E-state index in [0.29, 0.717) is 5.75 Å². The summed E-state index contributed by atoms with van der Waals surface area (Å²) < 4.78 is 5.19. The van der Waals surface area contributed by atoms with Crippen LogP contribution in [0.25, 0.3) is 6.08 Å². The molecule has 0 aliphatic carbocycles. The molecule has 0 bridgehead atoms. The first-order valence-corrected chi connectivity index (χ1v) is 3.70. The Morgan fingerprint density at radius 3 is 3.00 bits per heavy atom. The van der Waals surface area contributed by atoms with Crippen molar-refractivity contribution in [1.82, 2.24) is 0 Å². The van der Waals surface area contributed by atoms with E-state index >= 15 is 0 Å². The fraction of sp³-hybridized carbons (Fsp3) is 0. The molecule has 1 aromatic carbocycles. The van der Waals surface area contributed by atoms with E-state index in [-0.39, 0.29) is 5.75 Å². The van der Waals surface area contributed by atoms with Gasteiger partial charge in [-0.1, -0.05) is 24.3 Å². The van der Waals surface area contributed by atoms with Gasteiger partial charge in [0.25, 0.3) is 0 Å². The smallest absolute Gasteiger partial charge is 0.175 e. The highest BCUT2D eigenvalue weighted by atomic mass is 16.5. The number of phenolic OH excluding ortho intramolecular Hbond substituents is 1. The molecule has 1 aliphatic rings. The number of phenols is 1. The summed E-state index contributed by atoms with van der Waals surface area (Å²) in [6, 6.07) is 5.28. The van der Waals surface area contributed by atoms with Gasteiger partial charge >= 0.3 is 0 Å². The van der Waals surface area contributed by atoms with Crippen LogP contribution in [0.15, 0.2) is 36.6 Å². The van der Waals surface area contributed by atoms with E-state index in [4.69, 9.17) is 4.74 Å². The van der Waals surface area contributed by atoms with Crippen molar-refractivity contribution in [3.63, 3.8) is 0 Å². The van der Waals surface area contributed by atoms with E-state index in [2.05, 4.69) is 0 Å². The van der Waals surface area contributed by atoms with Gasteiger partial charge in [-0.2, -0.15) is 0 Å². The predicted octanol–water partition coefficient (Wildman–Crippen LogP) is 2.31. The topological polar surface area (TPSA) is 29.5 Å². The van der Waals surface area contributed by atoms with Crippen LogP contribution in [0.5, 0.6) is 11.5 Å². The van der Waals surface area contributed by atoms with E-state index in [0.717, 1.165) is 5.56 Å². The van der Waals surface area contributed by atoms with Crippen LogP contribution in [0, 0.1) is 0 Å². The number of ether oxygens (including phenoxy) is 1. The lowest BCUT2D eigenvalue weighted by Crippen LogP contribution is -1.84. The van der Waals surface area contributed by atoms with Crippen molar-refractivity contribution in [3.05, 3.63) is 42.2 Å². The van der Waals surface area contributed by atoms with Crippen molar-refractivity contribution >= 4 is 6.08 Å². The summed E-state index contributed by atoms with van der Waals surface area (Å²) in [7, 11) is 0. The van der Waals surface area contributed by atoms with Crippen LogP contribution in [-0.4, -0.2) is 5.11 Å². The average molecular weight is 160 g/mol. The number of benzene rings is 1. The number of aromatic hydroxyl groups is 1. The Bertz CT molecular complexity index is 351. The highest BCUT2D eigenvalue weighted by molar-refractivity contribution is 5.63. The lowest BCUT2D eigenvalue weighted by atomic mass is 10.2. The molecule has 0 saturated carbocycles. The predicted molar refractivity (Wildman–Crippen MR) is 46.9 cm³/mol. The third-order valence-electron chi connectivity index (χ3n) is 1.68. The third kappa shape index (κ3) is 1.07. The molecule has 0 amide bonds. The maximum absolute atomic E-state index is 9.39. The first-order valence-electron chi connectivity index (χ1n) is 3.70. The molecular weight excluding hydrogens is 152 g/mol. The molecule has 1 N–H and O–H groups in total. The Morgan fingerprint density at radius 2 is 2.08 bits per heavy atom. The number of hydrogen-bond donors (Lipinski definition) is 1.